The highest BCUT2D eigenvalue weighted by Gasteiger charge is 2.05. The fourth-order valence-corrected chi connectivity index (χ4v) is 3.30. The molecule has 0 bridgehead atoms. The van der Waals surface area contributed by atoms with Crippen molar-refractivity contribution in [2.24, 2.45) is 4.99 Å². The van der Waals surface area contributed by atoms with Gasteiger partial charge in [-0.25, -0.2) is 0 Å². The Morgan fingerprint density at radius 3 is 2.94 bits per heavy atom. The lowest BCUT2D eigenvalue weighted by Gasteiger charge is -2.05. The molecule has 3 nitrogen and oxygen atoms in total. The number of unbranched alkanes of at least 4 members (excludes halogenated alkanes) is 1. The van der Waals surface area contributed by atoms with Crippen LogP contribution in [0, 0.1) is 0 Å². The number of thiazole rings is 1. The summed E-state index contributed by atoms with van der Waals surface area (Å²) in [7, 11) is 3.83. The van der Waals surface area contributed by atoms with E-state index in [1.807, 2.05) is 26.2 Å². The van der Waals surface area contributed by atoms with Crippen LogP contribution >= 0.6 is 22.9 Å². The quantitative estimate of drug-likeness (QED) is 0.840. The Balaban J connectivity index is 2.30. The maximum atomic E-state index is 6.03. The number of benzene rings is 1. The first-order valence-corrected chi connectivity index (χ1v) is 7.32. The highest BCUT2D eigenvalue weighted by molar-refractivity contribution is 7.16. The first-order chi connectivity index (χ1) is 8.76. The van der Waals surface area contributed by atoms with E-state index in [-0.39, 0.29) is 0 Å². The molecule has 0 saturated heterocycles. The number of hydrogen-bond acceptors (Lipinski definition) is 3. The Bertz CT molecular complexity index is 585. The van der Waals surface area contributed by atoms with Gasteiger partial charge in [-0.2, -0.15) is 0 Å². The van der Waals surface area contributed by atoms with Crippen LogP contribution in [0.4, 0.5) is 0 Å². The fourth-order valence-electron chi connectivity index (χ4n) is 2.00. The van der Waals surface area contributed by atoms with Crippen molar-refractivity contribution in [2.45, 2.75) is 19.4 Å². The molecule has 2 aromatic rings. The van der Waals surface area contributed by atoms with Crippen LogP contribution in [-0.4, -0.2) is 25.2 Å². The van der Waals surface area contributed by atoms with Crippen LogP contribution in [0.1, 0.15) is 12.8 Å². The van der Waals surface area contributed by atoms with Crippen LogP contribution in [0.2, 0.25) is 5.02 Å². The number of nitrogens with one attached hydrogen (secondary N) is 1. The van der Waals surface area contributed by atoms with Crippen LogP contribution in [0.5, 0.6) is 0 Å². The topological polar surface area (TPSA) is 29.3 Å². The van der Waals surface area contributed by atoms with Gasteiger partial charge >= 0.3 is 0 Å². The molecule has 1 heterocycles. The number of nitrogens with zero attached hydrogens (tertiary/aromatic N) is 2. The van der Waals surface area contributed by atoms with Gasteiger partial charge in [0, 0.05) is 18.6 Å². The fraction of sp³-hybridized carbons (Fsp3) is 0.462. The van der Waals surface area contributed by atoms with E-state index in [1.165, 1.54) is 16.6 Å². The third kappa shape index (κ3) is 2.94. The zero-order chi connectivity index (χ0) is 13.0. The smallest absolute Gasteiger partial charge is 0.185 e. The molecule has 0 radical (unpaired) electrons. The number of rotatable bonds is 5. The standard InChI is InChI=1S/C13H18ClN3S/c1-15-7-3-4-8-17-11-6-5-10(14)9-12(11)18-13(17)16-2/h5-6,9,15H,3-4,7-8H2,1-2H3/b16-13+. The summed E-state index contributed by atoms with van der Waals surface area (Å²) < 4.78 is 3.49. The molecule has 5 heteroatoms. The lowest BCUT2D eigenvalue weighted by molar-refractivity contribution is 0.592. The molecule has 18 heavy (non-hydrogen) atoms. The first kappa shape index (κ1) is 13.6. The maximum absolute atomic E-state index is 6.03. The summed E-state index contributed by atoms with van der Waals surface area (Å²) in [6.45, 7) is 2.07. The van der Waals surface area contributed by atoms with Crippen LogP contribution in [0.25, 0.3) is 10.2 Å². The van der Waals surface area contributed by atoms with Crippen LogP contribution in [0.15, 0.2) is 23.2 Å². The monoisotopic (exact) mass is 283 g/mol. The van der Waals surface area contributed by atoms with Crippen molar-refractivity contribution in [1.29, 1.82) is 0 Å². The van der Waals surface area contributed by atoms with E-state index in [2.05, 4.69) is 20.9 Å². The van der Waals surface area contributed by atoms with Crippen molar-refractivity contribution in [1.82, 2.24) is 9.88 Å². The number of aromatic nitrogens is 1. The third-order valence-corrected chi connectivity index (χ3v) is 4.26. The molecular weight excluding hydrogens is 266 g/mol. The van der Waals surface area contributed by atoms with E-state index in [0.717, 1.165) is 29.3 Å². The van der Waals surface area contributed by atoms with E-state index in [0.29, 0.717) is 0 Å². The van der Waals surface area contributed by atoms with E-state index in [4.69, 9.17) is 11.6 Å². The zero-order valence-corrected chi connectivity index (χ0v) is 12.3. The molecule has 0 fully saturated rings. The van der Waals surface area contributed by atoms with Gasteiger partial charge in [0.2, 0.25) is 0 Å². The van der Waals surface area contributed by atoms with E-state index < -0.39 is 0 Å². The average Bonchev–Trinajstić information content (AvgIpc) is 2.71. The molecule has 0 saturated carbocycles. The second-order valence-corrected chi connectivity index (χ2v) is 5.63. The third-order valence-electron chi connectivity index (χ3n) is 2.89. The Morgan fingerprint density at radius 2 is 2.22 bits per heavy atom. The van der Waals surface area contributed by atoms with Crippen molar-refractivity contribution >= 4 is 33.2 Å². The molecule has 98 valence electrons. The number of hydrogen-bond donors (Lipinski definition) is 1. The minimum Gasteiger partial charge on any atom is -0.320 e. The largest absolute Gasteiger partial charge is 0.320 e. The normalized spacial score (nSPS) is 12.5. The van der Waals surface area contributed by atoms with Gasteiger partial charge < -0.3 is 9.88 Å². The Kier molecular flexibility index (Phi) is 4.80. The molecular formula is C13H18ClN3S. The van der Waals surface area contributed by atoms with E-state index in [1.54, 1.807) is 11.3 Å². The van der Waals surface area contributed by atoms with Crippen LogP contribution in [0.3, 0.4) is 0 Å². The minimum absolute atomic E-state index is 0.786. The van der Waals surface area contributed by atoms with Gasteiger partial charge in [-0.15, -0.1) is 0 Å². The van der Waals surface area contributed by atoms with Gasteiger partial charge in [0.05, 0.1) is 10.2 Å². The van der Waals surface area contributed by atoms with Gasteiger partial charge in [-0.1, -0.05) is 22.9 Å². The highest BCUT2D eigenvalue weighted by atomic mass is 35.5. The Morgan fingerprint density at radius 1 is 1.39 bits per heavy atom. The number of halogens is 1. The maximum Gasteiger partial charge on any atom is 0.185 e. The lowest BCUT2D eigenvalue weighted by Crippen LogP contribution is -2.16. The summed E-state index contributed by atoms with van der Waals surface area (Å²) in [5.41, 5.74) is 1.23. The summed E-state index contributed by atoms with van der Waals surface area (Å²) >= 11 is 7.73. The van der Waals surface area contributed by atoms with E-state index >= 15 is 0 Å². The van der Waals surface area contributed by atoms with Gasteiger partial charge in [0.1, 0.15) is 0 Å². The lowest BCUT2D eigenvalue weighted by atomic mass is 10.3. The molecule has 0 amide bonds. The molecule has 1 N–H and O–H groups in total. The molecule has 0 aliphatic rings. The van der Waals surface area contributed by atoms with Gasteiger partial charge in [-0.05, 0) is 44.6 Å². The number of aryl methyl sites for hydroxylation is 1. The van der Waals surface area contributed by atoms with Crippen LogP contribution < -0.4 is 10.1 Å². The van der Waals surface area contributed by atoms with Gasteiger partial charge in [0.25, 0.3) is 0 Å². The highest BCUT2D eigenvalue weighted by Crippen LogP contribution is 2.22. The molecule has 0 aliphatic heterocycles. The van der Waals surface area contributed by atoms with Crippen molar-refractivity contribution < 1.29 is 0 Å². The van der Waals surface area contributed by atoms with Gasteiger partial charge in [0.15, 0.2) is 4.80 Å². The summed E-state index contributed by atoms with van der Waals surface area (Å²) in [5, 5.41) is 3.96. The Hall–Kier alpha value is -0.840. The second-order valence-electron chi connectivity index (χ2n) is 4.18. The van der Waals surface area contributed by atoms with E-state index in [9.17, 15) is 0 Å². The predicted molar refractivity (Wildman–Crippen MR) is 79.5 cm³/mol. The molecule has 1 aromatic heterocycles. The molecule has 0 spiro atoms. The molecule has 0 atom stereocenters. The van der Waals surface area contributed by atoms with Crippen molar-refractivity contribution in [3.8, 4) is 0 Å². The predicted octanol–water partition coefficient (Wildman–Crippen LogP) is 2.89. The molecule has 2 rings (SSSR count). The van der Waals surface area contributed by atoms with Crippen molar-refractivity contribution in [2.75, 3.05) is 20.6 Å². The first-order valence-electron chi connectivity index (χ1n) is 6.12. The minimum atomic E-state index is 0.786. The van der Waals surface area contributed by atoms with Crippen molar-refractivity contribution in [3.05, 3.63) is 28.0 Å². The van der Waals surface area contributed by atoms with Crippen molar-refractivity contribution in [3.63, 3.8) is 0 Å². The Labute approximate surface area is 116 Å². The van der Waals surface area contributed by atoms with Gasteiger partial charge in [-0.3, -0.25) is 4.99 Å². The van der Waals surface area contributed by atoms with Crippen LogP contribution in [-0.2, 0) is 6.54 Å². The second kappa shape index (κ2) is 6.36. The molecule has 1 aromatic carbocycles. The zero-order valence-electron chi connectivity index (χ0n) is 10.7. The summed E-state index contributed by atoms with van der Waals surface area (Å²) in [6, 6.07) is 6.04. The summed E-state index contributed by atoms with van der Waals surface area (Å²) in [4.78, 5) is 5.43. The summed E-state index contributed by atoms with van der Waals surface area (Å²) in [6.07, 6.45) is 2.33. The number of fused-ring (bicyclic) bond motifs is 1. The average molecular weight is 284 g/mol. The molecule has 0 aliphatic carbocycles. The molecule has 0 unspecified atom stereocenters. The summed E-state index contributed by atoms with van der Waals surface area (Å²) in [5.74, 6) is 0. The SMILES string of the molecule is C/N=c1/sc2cc(Cl)ccc2n1CCCCNC.